The predicted octanol–water partition coefficient (Wildman–Crippen LogP) is -1.76. The van der Waals surface area contributed by atoms with Gasteiger partial charge in [0.1, 0.15) is 0 Å². The van der Waals surface area contributed by atoms with Gasteiger partial charge < -0.3 is 9.79 Å². The Hall–Kier alpha value is 0.703. The zero-order valence-electron chi connectivity index (χ0n) is 2.58. The quantitative estimate of drug-likeness (QED) is 0.420. The molecule has 0 heterocycles. The first-order valence-corrected chi connectivity index (χ1v) is 2.85. The Morgan fingerprint density at radius 3 is 1.33 bits per heavy atom. The van der Waals surface area contributed by atoms with E-state index in [1.165, 1.54) is 0 Å². The van der Waals surface area contributed by atoms with Gasteiger partial charge in [-0.1, -0.05) is 4.57 Å². The van der Waals surface area contributed by atoms with Gasteiger partial charge in [-0.15, -0.1) is 0 Å². The summed E-state index contributed by atoms with van der Waals surface area (Å²) in [5, 5.41) is 0. The molecule has 0 aliphatic rings. The van der Waals surface area contributed by atoms with Crippen molar-refractivity contribution >= 4 is 8.25 Å². The molecule has 0 bridgehead atoms. The number of hydrogen-bond acceptors (Lipinski definition) is 4. The average Bonchev–Trinajstić information content (AvgIpc) is 1.41. The van der Waals surface area contributed by atoms with Crippen LogP contribution in [0.2, 0.25) is 0 Å². The zero-order chi connectivity index (χ0) is 5.58. The second-order valence-corrected chi connectivity index (χ2v) is 0.671. The van der Waals surface area contributed by atoms with Crippen LogP contribution in [0.25, 0.3) is 0 Å². The Balaban J connectivity index is 0. The molecule has 0 spiro atoms. The summed E-state index contributed by atoms with van der Waals surface area (Å²) in [5.41, 5.74) is 0. The van der Waals surface area contributed by atoms with E-state index >= 15 is 0 Å². The Morgan fingerprint density at radius 1 is 1.33 bits per heavy atom. The van der Waals surface area contributed by atoms with Crippen LogP contribution in [-0.2, 0) is 32.1 Å². The molecule has 0 aromatic carbocycles. The van der Waals surface area contributed by atoms with Crippen molar-refractivity contribution in [2.75, 3.05) is 0 Å². The summed E-state index contributed by atoms with van der Waals surface area (Å²) in [7, 11) is -3.37. The van der Waals surface area contributed by atoms with E-state index in [0.29, 0.717) is 24.7 Å². The summed E-state index contributed by atoms with van der Waals surface area (Å²) in [6.45, 7) is 0. The van der Waals surface area contributed by atoms with Crippen molar-refractivity contribution < 1.29 is 41.9 Å². The fourth-order valence-electron chi connectivity index (χ4n) is 0. The van der Waals surface area contributed by atoms with Gasteiger partial charge >= 0.3 is 27.5 Å². The van der Waals surface area contributed by atoms with Crippen molar-refractivity contribution in [2.24, 2.45) is 0 Å². The maximum atomic E-state index is 8.48. The van der Waals surface area contributed by atoms with Crippen molar-refractivity contribution in [1.29, 1.82) is 0 Å². The summed E-state index contributed by atoms with van der Waals surface area (Å²) in [6.07, 6.45) is 0. The van der Waals surface area contributed by atoms with E-state index in [9.17, 15) is 0 Å². The summed E-state index contributed by atoms with van der Waals surface area (Å²) in [6, 6.07) is 0. The Kier molecular flexibility index (Phi) is 15.1. The van der Waals surface area contributed by atoms with Crippen molar-refractivity contribution in [3.05, 3.63) is 0 Å². The van der Waals surface area contributed by atoms with Gasteiger partial charge in [-0.05, 0) is 0 Å². The van der Waals surface area contributed by atoms with Crippen LogP contribution < -0.4 is 9.79 Å². The Labute approximate surface area is 50.4 Å². The average molecular weight is 186 g/mol. The molecule has 6 heavy (non-hydrogen) atoms. The molecule has 4 nitrogen and oxygen atoms in total. The molecular formula is O4PZr+. The van der Waals surface area contributed by atoms with E-state index < -0.39 is 8.25 Å². The molecule has 0 N–H and O–H groups in total. The summed E-state index contributed by atoms with van der Waals surface area (Å²) in [5.74, 6) is 0. The van der Waals surface area contributed by atoms with Crippen molar-refractivity contribution in [3.8, 4) is 0 Å². The number of hydrogen-bond donors (Lipinski definition) is 0. The molecule has 0 unspecified atom stereocenters. The first-order chi connectivity index (χ1) is 2.73. The van der Waals surface area contributed by atoms with E-state index in [4.69, 9.17) is 17.2 Å². The molecule has 0 aliphatic heterocycles. The van der Waals surface area contributed by atoms with Crippen molar-refractivity contribution in [1.82, 2.24) is 0 Å². The topological polar surface area (TPSA) is 80.3 Å². The second kappa shape index (κ2) is 9.20. The molecule has 0 atom stereocenters. The zero-order valence-corrected chi connectivity index (χ0v) is 5.93. The second-order valence-electron chi connectivity index (χ2n) is 0.224. The third kappa shape index (κ3) is 130. The Bertz CT molecular complexity index is 38.8. The van der Waals surface area contributed by atoms with Crippen LogP contribution >= 0.6 is 8.25 Å². The van der Waals surface area contributed by atoms with Gasteiger partial charge in [-0.2, -0.15) is 0 Å². The first kappa shape index (κ1) is 9.86. The van der Waals surface area contributed by atoms with Crippen LogP contribution in [0, 0.1) is 0 Å². The van der Waals surface area contributed by atoms with Gasteiger partial charge in [0.05, 0.1) is 0 Å². The molecule has 0 amide bonds. The van der Waals surface area contributed by atoms with Crippen LogP contribution in [0.5, 0.6) is 0 Å². The van der Waals surface area contributed by atoms with Crippen molar-refractivity contribution in [3.63, 3.8) is 0 Å². The molecule has 0 aromatic heterocycles. The third-order valence-corrected chi connectivity index (χ3v) is 0. The standard InChI is InChI=1S/HO3P.O.Zr/c1-4(2)3;;/h(H,1,2,3);;/q;;+2/p-1. The summed E-state index contributed by atoms with van der Waals surface area (Å²) >= 11 is 0.300. The fraction of sp³-hybridized carbons (Fsp3) is 0. The minimum atomic E-state index is -3.37. The van der Waals surface area contributed by atoms with E-state index in [1.54, 1.807) is 0 Å². The molecular weight excluding hydrogens is 186 g/mol. The molecule has 0 rings (SSSR count). The van der Waals surface area contributed by atoms with Gasteiger partial charge in [0.15, 0.2) is 0 Å². The predicted molar refractivity (Wildman–Crippen MR) is 8.29 cm³/mol. The molecule has 6 heteroatoms. The molecule has 0 radical (unpaired) electrons. The molecule has 32 valence electrons. The van der Waals surface area contributed by atoms with Crippen LogP contribution in [0.4, 0.5) is 0 Å². The summed E-state index contributed by atoms with van der Waals surface area (Å²) in [4.78, 5) is 17.0. The first-order valence-electron chi connectivity index (χ1n) is 0.752. The number of rotatable bonds is 0. The van der Waals surface area contributed by atoms with Gasteiger partial charge in [0.2, 0.25) is 0 Å². The normalized spacial score (nSPS) is 5.33. The van der Waals surface area contributed by atoms with Crippen LogP contribution in [0.3, 0.4) is 0 Å². The minimum absolute atomic E-state index is 0.300. The molecule has 0 saturated heterocycles. The molecule has 0 fully saturated rings. The molecule has 0 aliphatic carbocycles. The molecule has 0 saturated carbocycles. The SMILES string of the molecule is O=[P+]([O-])[O-].[O]=[Zr+2]. The van der Waals surface area contributed by atoms with Gasteiger partial charge in [-0.3, -0.25) is 0 Å². The third-order valence-electron chi connectivity index (χ3n) is 0. The van der Waals surface area contributed by atoms with Crippen molar-refractivity contribution in [2.45, 2.75) is 0 Å². The Morgan fingerprint density at radius 2 is 1.33 bits per heavy atom. The van der Waals surface area contributed by atoms with Crippen LogP contribution in [0.15, 0.2) is 0 Å². The van der Waals surface area contributed by atoms with E-state index in [-0.39, 0.29) is 0 Å². The maximum absolute atomic E-state index is 8.48. The van der Waals surface area contributed by atoms with Gasteiger partial charge in [0, 0.05) is 0 Å². The summed E-state index contributed by atoms with van der Waals surface area (Å²) < 4.78 is 16.8. The van der Waals surface area contributed by atoms with Crippen LogP contribution in [0.1, 0.15) is 0 Å². The van der Waals surface area contributed by atoms with E-state index in [2.05, 4.69) is 0 Å². The van der Waals surface area contributed by atoms with E-state index in [1.807, 2.05) is 0 Å². The van der Waals surface area contributed by atoms with E-state index in [0.717, 1.165) is 0 Å². The van der Waals surface area contributed by atoms with Gasteiger partial charge in [0.25, 0.3) is 8.25 Å². The van der Waals surface area contributed by atoms with Gasteiger partial charge in [-0.25, -0.2) is 0 Å². The fourth-order valence-corrected chi connectivity index (χ4v) is 0. The molecule has 0 aromatic rings. The van der Waals surface area contributed by atoms with Crippen LogP contribution in [-0.4, -0.2) is 0 Å². The monoisotopic (exact) mass is 185 g/mol.